The van der Waals surface area contributed by atoms with E-state index in [4.69, 9.17) is 14.7 Å². The Labute approximate surface area is 129 Å². The van der Waals surface area contributed by atoms with Crippen LogP contribution in [-0.2, 0) is 0 Å². The summed E-state index contributed by atoms with van der Waals surface area (Å²) in [6.45, 7) is 0. The van der Waals surface area contributed by atoms with Crippen molar-refractivity contribution in [1.82, 2.24) is 0 Å². The van der Waals surface area contributed by atoms with Gasteiger partial charge in [0.2, 0.25) is 5.75 Å². The van der Waals surface area contributed by atoms with E-state index in [1.807, 2.05) is 6.07 Å². The fourth-order valence-electron chi connectivity index (χ4n) is 1.79. The third kappa shape index (κ3) is 3.33. The molecule has 23 heavy (non-hydrogen) atoms. The van der Waals surface area contributed by atoms with E-state index in [1.165, 1.54) is 25.3 Å². The number of rotatable bonds is 5. The second-order valence-corrected chi connectivity index (χ2v) is 4.25. The first-order chi connectivity index (χ1) is 11.0. The van der Waals surface area contributed by atoms with Crippen LogP contribution >= 0.6 is 0 Å². The number of non-ortho nitro benzene ring substituents is 1. The standard InChI is InChI=1S/C14H9N3O6/c1-22-14-6-9(8-15)2-4-13(14)23-12-5-3-10(16(18)19)7-11(12)17(20)21/h2-7H,1H3. The molecule has 0 unspecified atom stereocenters. The number of hydrogen-bond acceptors (Lipinski definition) is 7. The summed E-state index contributed by atoms with van der Waals surface area (Å²) in [4.78, 5) is 20.3. The number of methoxy groups -OCH3 is 1. The second-order valence-electron chi connectivity index (χ2n) is 4.25. The molecule has 0 atom stereocenters. The van der Waals surface area contributed by atoms with Gasteiger partial charge in [-0.05, 0) is 18.2 Å². The van der Waals surface area contributed by atoms with Crippen molar-refractivity contribution in [3.8, 4) is 23.3 Å². The van der Waals surface area contributed by atoms with Gasteiger partial charge in [0.1, 0.15) is 0 Å². The fourth-order valence-corrected chi connectivity index (χ4v) is 1.79. The van der Waals surface area contributed by atoms with Gasteiger partial charge in [0, 0.05) is 12.1 Å². The smallest absolute Gasteiger partial charge is 0.318 e. The highest BCUT2D eigenvalue weighted by molar-refractivity contribution is 5.56. The average Bonchev–Trinajstić information content (AvgIpc) is 2.55. The normalized spacial score (nSPS) is 9.74. The molecule has 0 spiro atoms. The van der Waals surface area contributed by atoms with Crippen LogP contribution in [0.1, 0.15) is 5.56 Å². The van der Waals surface area contributed by atoms with Crippen molar-refractivity contribution in [2.45, 2.75) is 0 Å². The lowest BCUT2D eigenvalue weighted by Crippen LogP contribution is -1.97. The largest absolute Gasteiger partial charge is 0.493 e. The number of ether oxygens (including phenoxy) is 2. The van der Waals surface area contributed by atoms with Crippen molar-refractivity contribution in [2.75, 3.05) is 7.11 Å². The predicted molar refractivity (Wildman–Crippen MR) is 77.5 cm³/mol. The van der Waals surface area contributed by atoms with Gasteiger partial charge in [-0.1, -0.05) is 0 Å². The maximum absolute atomic E-state index is 11.1. The van der Waals surface area contributed by atoms with Crippen LogP contribution in [0.5, 0.6) is 17.2 Å². The molecule has 0 radical (unpaired) electrons. The SMILES string of the molecule is COc1cc(C#N)ccc1Oc1ccc([N+](=O)[O-])cc1[N+](=O)[O-]. The number of nitrogens with zero attached hydrogens (tertiary/aromatic N) is 3. The minimum Gasteiger partial charge on any atom is -0.493 e. The zero-order valence-corrected chi connectivity index (χ0v) is 11.8. The number of nitro groups is 2. The lowest BCUT2D eigenvalue weighted by molar-refractivity contribution is -0.394. The minimum atomic E-state index is -0.779. The molecule has 0 N–H and O–H groups in total. The molecule has 2 aromatic carbocycles. The molecule has 0 saturated heterocycles. The third-order valence-corrected chi connectivity index (χ3v) is 2.86. The highest BCUT2D eigenvalue weighted by Gasteiger charge is 2.22. The Morgan fingerprint density at radius 1 is 1.00 bits per heavy atom. The first-order valence-corrected chi connectivity index (χ1v) is 6.15. The Bertz CT molecular complexity index is 828. The van der Waals surface area contributed by atoms with Gasteiger partial charge in [-0.2, -0.15) is 5.26 Å². The minimum absolute atomic E-state index is 0.142. The Hall–Kier alpha value is -3.67. The lowest BCUT2D eigenvalue weighted by atomic mass is 10.2. The van der Waals surface area contributed by atoms with Gasteiger partial charge in [0.15, 0.2) is 11.5 Å². The number of benzene rings is 2. The van der Waals surface area contributed by atoms with E-state index in [9.17, 15) is 20.2 Å². The van der Waals surface area contributed by atoms with Crippen molar-refractivity contribution in [3.63, 3.8) is 0 Å². The molecule has 0 aliphatic rings. The monoisotopic (exact) mass is 315 g/mol. The topological polar surface area (TPSA) is 129 Å². The van der Waals surface area contributed by atoms with Gasteiger partial charge < -0.3 is 9.47 Å². The van der Waals surface area contributed by atoms with Crippen LogP contribution in [0.2, 0.25) is 0 Å². The Morgan fingerprint density at radius 3 is 2.26 bits per heavy atom. The first kappa shape index (κ1) is 15.7. The molecular weight excluding hydrogens is 306 g/mol. The van der Waals surface area contributed by atoms with Gasteiger partial charge in [-0.25, -0.2) is 0 Å². The molecule has 0 fully saturated rings. The number of nitriles is 1. The Morgan fingerprint density at radius 2 is 1.70 bits per heavy atom. The van der Waals surface area contributed by atoms with E-state index in [2.05, 4.69) is 0 Å². The van der Waals surface area contributed by atoms with Crippen LogP contribution in [-0.4, -0.2) is 17.0 Å². The van der Waals surface area contributed by atoms with Crippen LogP contribution in [0.15, 0.2) is 36.4 Å². The molecule has 0 aliphatic carbocycles. The molecular formula is C14H9N3O6. The zero-order chi connectivity index (χ0) is 17.0. The average molecular weight is 315 g/mol. The molecule has 9 nitrogen and oxygen atoms in total. The molecule has 116 valence electrons. The fraction of sp³-hybridized carbons (Fsp3) is 0.0714. The van der Waals surface area contributed by atoms with E-state index in [0.29, 0.717) is 5.56 Å². The van der Waals surface area contributed by atoms with Crippen molar-refractivity contribution in [3.05, 3.63) is 62.2 Å². The van der Waals surface area contributed by atoms with Crippen LogP contribution in [0.4, 0.5) is 11.4 Å². The quantitative estimate of drug-likeness (QED) is 0.612. The van der Waals surface area contributed by atoms with E-state index >= 15 is 0 Å². The highest BCUT2D eigenvalue weighted by Crippen LogP contribution is 2.38. The van der Waals surface area contributed by atoms with E-state index in [-0.39, 0.29) is 17.2 Å². The van der Waals surface area contributed by atoms with Crippen LogP contribution in [0, 0.1) is 31.6 Å². The molecule has 9 heteroatoms. The van der Waals surface area contributed by atoms with E-state index in [1.54, 1.807) is 0 Å². The summed E-state index contributed by atoms with van der Waals surface area (Å²) in [5.41, 5.74) is -0.645. The summed E-state index contributed by atoms with van der Waals surface area (Å²) in [7, 11) is 1.35. The van der Waals surface area contributed by atoms with Crippen molar-refractivity contribution >= 4 is 11.4 Å². The highest BCUT2D eigenvalue weighted by atomic mass is 16.6. The summed E-state index contributed by atoms with van der Waals surface area (Å²) in [5.74, 6) is 0.170. The van der Waals surface area contributed by atoms with Crippen LogP contribution in [0.3, 0.4) is 0 Å². The van der Waals surface area contributed by atoms with Crippen LogP contribution < -0.4 is 9.47 Å². The molecule has 2 rings (SSSR count). The van der Waals surface area contributed by atoms with Gasteiger partial charge in [0.05, 0.1) is 34.7 Å². The second kappa shape index (κ2) is 6.40. The molecule has 0 aromatic heterocycles. The van der Waals surface area contributed by atoms with Gasteiger partial charge >= 0.3 is 5.69 Å². The Kier molecular flexibility index (Phi) is 4.37. The van der Waals surface area contributed by atoms with Gasteiger partial charge in [-0.15, -0.1) is 0 Å². The van der Waals surface area contributed by atoms with Gasteiger partial charge in [0.25, 0.3) is 5.69 Å². The summed E-state index contributed by atoms with van der Waals surface area (Å²) < 4.78 is 10.5. The lowest BCUT2D eigenvalue weighted by Gasteiger charge is -2.10. The number of nitro benzene ring substituents is 2. The maximum Gasteiger partial charge on any atom is 0.318 e. The van der Waals surface area contributed by atoms with Crippen molar-refractivity contribution in [1.29, 1.82) is 5.26 Å². The van der Waals surface area contributed by atoms with Crippen molar-refractivity contribution in [2.24, 2.45) is 0 Å². The molecule has 2 aromatic rings. The summed E-state index contributed by atoms with van der Waals surface area (Å²) in [6, 6.07) is 9.24. The van der Waals surface area contributed by atoms with E-state index < -0.39 is 21.2 Å². The molecule has 0 heterocycles. The Balaban J connectivity index is 2.46. The predicted octanol–water partition coefficient (Wildman–Crippen LogP) is 3.18. The molecule has 0 bridgehead atoms. The molecule has 0 aliphatic heterocycles. The number of hydrogen-bond donors (Lipinski definition) is 0. The summed E-state index contributed by atoms with van der Waals surface area (Å²) in [5, 5.41) is 30.6. The van der Waals surface area contributed by atoms with E-state index in [0.717, 1.165) is 18.2 Å². The maximum atomic E-state index is 11.1. The first-order valence-electron chi connectivity index (χ1n) is 6.15. The summed E-state index contributed by atoms with van der Waals surface area (Å²) in [6.07, 6.45) is 0. The van der Waals surface area contributed by atoms with Gasteiger partial charge in [-0.3, -0.25) is 20.2 Å². The van der Waals surface area contributed by atoms with Crippen LogP contribution in [0.25, 0.3) is 0 Å². The zero-order valence-electron chi connectivity index (χ0n) is 11.8. The molecule has 0 amide bonds. The van der Waals surface area contributed by atoms with Crippen molar-refractivity contribution < 1.29 is 19.3 Å². The molecule has 0 saturated carbocycles. The summed E-state index contributed by atoms with van der Waals surface area (Å²) >= 11 is 0. The third-order valence-electron chi connectivity index (χ3n) is 2.86.